The third-order valence-corrected chi connectivity index (χ3v) is 1.64. The van der Waals surface area contributed by atoms with Crippen molar-refractivity contribution >= 4 is 17.4 Å². The zero-order valence-corrected chi connectivity index (χ0v) is 7.14. The van der Waals surface area contributed by atoms with Gasteiger partial charge in [-0.1, -0.05) is 11.6 Å². The van der Waals surface area contributed by atoms with Crippen LogP contribution in [0, 0.1) is 6.92 Å². The van der Waals surface area contributed by atoms with Crippen LogP contribution in [-0.2, 0) is 0 Å². The van der Waals surface area contributed by atoms with Crippen molar-refractivity contribution < 1.29 is 4.74 Å². The van der Waals surface area contributed by atoms with Crippen LogP contribution >= 0.6 is 11.6 Å². The Morgan fingerprint density at radius 1 is 1.64 bits per heavy atom. The van der Waals surface area contributed by atoms with Gasteiger partial charge in [0.15, 0.2) is 0 Å². The molecule has 0 aliphatic carbocycles. The van der Waals surface area contributed by atoms with E-state index in [1.807, 2.05) is 6.92 Å². The quantitative estimate of drug-likeness (QED) is 0.656. The number of halogens is 1. The highest BCUT2D eigenvalue weighted by Gasteiger charge is 2.04. The molecule has 0 saturated carbocycles. The lowest BCUT2D eigenvalue weighted by atomic mass is 10.2. The Labute approximate surface area is 70.1 Å². The Balaban J connectivity index is 3.24. The van der Waals surface area contributed by atoms with Crippen LogP contribution < -0.4 is 10.5 Å². The van der Waals surface area contributed by atoms with Crippen LogP contribution in [0.5, 0.6) is 5.75 Å². The van der Waals surface area contributed by atoms with E-state index in [1.54, 1.807) is 13.2 Å². The molecule has 1 aromatic rings. The number of aromatic nitrogens is 1. The Kier molecular flexibility index (Phi) is 2.19. The predicted molar refractivity (Wildman–Crippen MR) is 44.9 cm³/mol. The van der Waals surface area contributed by atoms with Crippen molar-refractivity contribution in [1.29, 1.82) is 0 Å². The van der Waals surface area contributed by atoms with E-state index in [2.05, 4.69) is 4.98 Å². The monoisotopic (exact) mass is 172 g/mol. The summed E-state index contributed by atoms with van der Waals surface area (Å²) in [5.74, 6) is 1.08. The van der Waals surface area contributed by atoms with Gasteiger partial charge in [0.05, 0.1) is 7.11 Å². The van der Waals surface area contributed by atoms with Gasteiger partial charge in [-0.15, -0.1) is 0 Å². The van der Waals surface area contributed by atoms with Gasteiger partial charge in [0.1, 0.15) is 16.7 Å². The zero-order valence-electron chi connectivity index (χ0n) is 6.39. The van der Waals surface area contributed by atoms with E-state index in [-0.39, 0.29) is 0 Å². The zero-order chi connectivity index (χ0) is 8.43. The van der Waals surface area contributed by atoms with E-state index < -0.39 is 0 Å². The minimum atomic E-state index is 0.352. The van der Waals surface area contributed by atoms with Crippen molar-refractivity contribution in [3.05, 3.63) is 16.8 Å². The molecule has 0 bridgehead atoms. The van der Waals surface area contributed by atoms with Crippen LogP contribution in [0.2, 0.25) is 5.15 Å². The number of methoxy groups -OCH3 is 1. The van der Waals surface area contributed by atoms with E-state index in [0.29, 0.717) is 16.7 Å². The first-order valence-corrected chi connectivity index (χ1v) is 3.49. The second kappa shape index (κ2) is 2.96. The first-order chi connectivity index (χ1) is 5.15. The number of nitrogen functional groups attached to an aromatic ring is 1. The molecule has 1 aromatic heterocycles. The molecule has 0 radical (unpaired) electrons. The molecule has 0 atom stereocenters. The van der Waals surface area contributed by atoms with Crippen LogP contribution in [0.1, 0.15) is 5.56 Å². The lowest BCUT2D eigenvalue weighted by Crippen LogP contribution is -1.97. The fourth-order valence-corrected chi connectivity index (χ4v) is 0.976. The maximum atomic E-state index is 5.63. The molecule has 3 nitrogen and oxygen atoms in total. The second-order valence-corrected chi connectivity index (χ2v) is 2.54. The lowest BCUT2D eigenvalue weighted by molar-refractivity contribution is 0.411. The van der Waals surface area contributed by atoms with Gasteiger partial charge < -0.3 is 10.5 Å². The predicted octanol–water partition coefficient (Wildman–Crippen LogP) is 1.63. The van der Waals surface area contributed by atoms with Gasteiger partial charge in [0.2, 0.25) is 0 Å². The van der Waals surface area contributed by atoms with E-state index >= 15 is 0 Å². The first kappa shape index (κ1) is 8.14. The van der Waals surface area contributed by atoms with Gasteiger partial charge in [0.25, 0.3) is 0 Å². The largest absolute Gasteiger partial charge is 0.496 e. The number of pyridine rings is 1. The number of rotatable bonds is 1. The fourth-order valence-electron chi connectivity index (χ4n) is 0.786. The SMILES string of the molecule is COc1cc(Cl)nc(N)c1C. The third-order valence-electron chi connectivity index (χ3n) is 1.45. The van der Waals surface area contributed by atoms with Gasteiger partial charge in [0, 0.05) is 11.6 Å². The number of ether oxygens (including phenoxy) is 1. The fraction of sp³-hybridized carbons (Fsp3) is 0.286. The Morgan fingerprint density at radius 2 is 2.27 bits per heavy atom. The number of nitrogens with zero attached hydrogens (tertiary/aromatic N) is 1. The smallest absolute Gasteiger partial charge is 0.135 e. The van der Waals surface area contributed by atoms with E-state index in [0.717, 1.165) is 5.56 Å². The summed E-state index contributed by atoms with van der Waals surface area (Å²) >= 11 is 5.63. The van der Waals surface area contributed by atoms with Crippen LogP contribution in [0.4, 0.5) is 5.82 Å². The first-order valence-electron chi connectivity index (χ1n) is 3.11. The van der Waals surface area contributed by atoms with Crippen molar-refractivity contribution in [2.75, 3.05) is 12.8 Å². The van der Waals surface area contributed by atoms with Crippen LogP contribution in [0.3, 0.4) is 0 Å². The standard InChI is InChI=1S/C7H9ClN2O/c1-4-5(11-2)3-6(8)10-7(4)9/h3H,1-2H3,(H2,9,10). The average Bonchev–Trinajstić information content (AvgIpc) is 1.96. The maximum absolute atomic E-state index is 5.63. The molecule has 0 unspecified atom stereocenters. The highest BCUT2D eigenvalue weighted by Crippen LogP contribution is 2.24. The highest BCUT2D eigenvalue weighted by molar-refractivity contribution is 6.29. The Bertz CT molecular complexity index is 275. The second-order valence-electron chi connectivity index (χ2n) is 2.16. The van der Waals surface area contributed by atoms with Crippen LogP contribution in [-0.4, -0.2) is 12.1 Å². The van der Waals surface area contributed by atoms with E-state index in [1.165, 1.54) is 0 Å². The molecular formula is C7H9ClN2O. The summed E-state index contributed by atoms with van der Waals surface area (Å²) in [6.07, 6.45) is 0. The summed E-state index contributed by atoms with van der Waals surface area (Å²) in [7, 11) is 1.57. The molecule has 0 aromatic carbocycles. The minimum Gasteiger partial charge on any atom is -0.496 e. The molecule has 0 amide bonds. The molecule has 2 N–H and O–H groups in total. The molecule has 0 fully saturated rings. The van der Waals surface area contributed by atoms with E-state index in [9.17, 15) is 0 Å². The van der Waals surface area contributed by atoms with Crippen LogP contribution in [0.15, 0.2) is 6.07 Å². The summed E-state index contributed by atoms with van der Waals surface area (Å²) in [4.78, 5) is 3.84. The summed E-state index contributed by atoms with van der Waals surface area (Å²) in [6.45, 7) is 1.83. The Hall–Kier alpha value is -0.960. The molecule has 0 saturated heterocycles. The molecule has 0 aliphatic rings. The number of hydrogen-bond donors (Lipinski definition) is 1. The highest BCUT2D eigenvalue weighted by atomic mass is 35.5. The molecule has 0 aliphatic heterocycles. The molecule has 1 rings (SSSR count). The topological polar surface area (TPSA) is 48.1 Å². The molecule has 11 heavy (non-hydrogen) atoms. The summed E-state index contributed by atoms with van der Waals surface area (Å²) in [5, 5.41) is 0.352. The van der Waals surface area contributed by atoms with Crippen molar-refractivity contribution in [3.8, 4) is 5.75 Å². The molecule has 1 heterocycles. The van der Waals surface area contributed by atoms with E-state index in [4.69, 9.17) is 22.1 Å². The third kappa shape index (κ3) is 1.54. The van der Waals surface area contributed by atoms with Gasteiger partial charge >= 0.3 is 0 Å². The maximum Gasteiger partial charge on any atom is 0.135 e. The van der Waals surface area contributed by atoms with Gasteiger partial charge in [-0.3, -0.25) is 0 Å². The van der Waals surface area contributed by atoms with Gasteiger partial charge in [-0.2, -0.15) is 0 Å². The molecule has 4 heteroatoms. The van der Waals surface area contributed by atoms with Crippen LogP contribution in [0.25, 0.3) is 0 Å². The molecule has 0 spiro atoms. The number of anilines is 1. The van der Waals surface area contributed by atoms with Crippen molar-refractivity contribution in [2.24, 2.45) is 0 Å². The molecular weight excluding hydrogens is 164 g/mol. The van der Waals surface area contributed by atoms with Gasteiger partial charge in [-0.05, 0) is 6.92 Å². The van der Waals surface area contributed by atoms with Crippen molar-refractivity contribution in [1.82, 2.24) is 4.98 Å². The number of nitrogens with two attached hydrogens (primary N) is 1. The Morgan fingerprint density at radius 3 is 2.82 bits per heavy atom. The summed E-state index contributed by atoms with van der Waals surface area (Å²) in [5.41, 5.74) is 6.34. The average molecular weight is 173 g/mol. The lowest BCUT2D eigenvalue weighted by Gasteiger charge is -2.05. The normalized spacial score (nSPS) is 9.73. The minimum absolute atomic E-state index is 0.352. The van der Waals surface area contributed by atoms with Crippen molar-refractivity contribution in [2.45, 2.75) is 6.92 Å². The number of hydrogen-bond acceptors (Lipinski definition) is 3. The van der Waals surface area contributed by atoms with Crippen molar-refractivity contribution in [3.63, 3.8) is 0 Å². The summed E-state index contributed by atoms with van der Waals surface area (Å²) < 4.78 is 5.00. The summed E-state index contributed by atoms with van der Waals surface area (Å²) in [6, 6.07) is 1.63. The molecule has 60 valence electrons. The van der Waals surface area contributed by atoms with Gasteiger partial charge in [-0.25, -0.2) is 4.98 Å².